The van der Waals surface area contributed by atoms with E-state index in [1.165, 1.54) is 5.56 Å². The number of hydrogen-bond donors (Lipinski definition) is 2. The lowest BCUT2D eigenvalue weighted by Crippen LogP contribution is -2.33. The van der Waals surface area contributed by atoms with Crippen molar-refractivity contribution in [1.29, 1.82) is 0 Å². The molecule has 16 heavy (non-hydrogen) atoms. The first-order valence-electron chi connectivity index (χ1n) is 5.55. The van der Waals surface area contributed by atoms with Crippen LogP contribution in [0.3, 0.4) is 0 Å². The molecule has 0 bridgehead atoms. The van der Waals surface area contributed by atoms with Crippen molar-refractivity contribution >= 4 is 15.9 Å². The molecule has 1 rings (SSSR count). The largest absolute Gasteiger partial charge is 0.396 e. The third kappa shape index (κ3) is 3.89. The highest BCUT2D eigenvalue weighted by Crippen LogP contribution is 2.23. The predicted molar refractivity (Wildman–Crippen MR) is 71.4 cm³/mol. The van der Waals surface area contributed by atoms with E-state index in [9.17, 15) is 5.11 Å². The van der Waals surface area contributed by atoms with Gasteiger partial charge in [0, 0.05) is 29.1 Å². The van der Waals surface area contributed by atoms with Gasteiger partial charge >= 0.3 is 0 Å². The molecule has 3 heteroatoms. The smallest absolute Gasteiger partial charge is 0.0494 e. The number of nitrogens with one attached hydrogen (secondary N) is 1. The highest BCUT2D eigenvalue weighted by atomic mass is 79.9. The fraction of sp³-hybridized carbons (Fsp3) is 0.538. The lowest BCUT2D eigenvalue weighted by molar-refractivity contribution is 0.154. The van der Waals surface area contributed by atoms with E-state index in [1.807, 2.05) is 32.0 Å². The molecular weight excluding hydrogens is 266 g/mol. The van der Waals surface area contributed by atoms with E-state index in [2.05, 4.69) is 34.2 Å². The Bertz CT molecular complexity index is 338. The summed E-state index contributed by atoms with van der Waals surface area (Å²) >= 11 is 3.55. The maximum Gasteiger partial charge on any atom is 0.0494 e. The number of rotatable bonds is 5. The second kappa shape index (κ2) is 5.80. The first-order valence-corrected chi connectivity index (χ1v) is 6.34. The maximum absolute atomic E-state index is 9.18. The van der Waals surface area contributed by atoms with E-state index in [4.69, 9.17) is 0 Å². The predicted octanol–water partition coefficient (Wildman–Crippen LogP) is 3.12. The summed E-state index contributed by atoms with van der Waals surface area (Å²) in [6, 6.07) is 8.48. The Morgan fingerprint density at radius 3 is 2.56 bits per heavy atom. The van der Waals surface area contributed by atoms with E-state index in [1.54, 1.807) is 0 Å². The van der Waals surface area contributed by atoms with Crippen LogP contribution < -0.4 is 5.32 Å². The molecule has 90 valence electrons. The number of aliphatic hydroxyl groups excluding tert-OH is 1. The standard InChI is InChI=1S/C13H20BrNO/c1-10(15-8-13(2,3)9-16)11-6-4-5-7-12(11)14/h4-7,10,15-16H,8-9H2,1-3H3/t10-/m0/s1. The fourth-order valence-corrected chi connectivity index (χ4v) is 2.05. The average Bonchev–Trinajstić information content (AvgIpc) is 2.27. The topological polar surface area (TPSA) is 32.3 Å². The number of benzene rings is 1. The molecule has 0 saturated carbocycles. The zero-order valence-electron chi connectivity index (χ0n) is 10.1. The number of halogens is 1. The van der Waals surface area contributed by atoms with Crippen LogP contribution >= 0.6 is 15.9 Å². The molecule has 1 aromatic rings. The molecule has 1 atom stereocenters. The number of hydrogen-bond acceptors (Lipinski definition) is 2. The molecule has 0 radical (unpaired) electrons. The Morgan fingerprint density at radius 1 is 1.38 bits per heavy atom. The van der Waals surface area contributed by atoms with Crippen LogP contribution in [-0.4, -0.2) is 18.3 Å². The van der Waals surface area contributed by atoms with Crippen LogP contribution in [0.15, 0.2) is 28.7 Å². The van der Waals surface area contributed by atoms with Crippen molar-refractivity contribution in [2.75, 3.05) is 13.2 Å². The maximum atomic E-state index is 9.18. The van der Waals surface area contributed by atoms with Gasteiger partial charge in [-0.1, -0.05) is 48.0 Å². The van der Waals surface area contributed by atoms with Gasteiger partial charge in [0.2, 0.25) is 0 Å². The molecule has 0 aromatic heterocycles. The van der Waals surface area contributed by atoms with Gasteiger partial charge in [-0.15, -0.1) is 0 Å². The van der Waals surface area contributed by atoms with E-state index in [0.29, 0.717) is 0 Å². The summed E-state index contributed by atoms with van der Waals surface area (Å²) < 4.78 is 1.12. The molecule has 1 aromatic carbocycles. The van der Waals surface area contributed by atoms with Crippen LogP contribution in [0.25, 0.3) is 0 Å². The Hall–Kier alpha value is -0.380. The van der Waals surface area contributed by atoms with Crippen LogP contribution in [0.5, 0.6) is 0 Å². The van der Waals surface area contributed by atoms with Crippen LogP contribution in [0.2, 0.25) is 0 Å². The third-order valence-electron chi connectivity index (χ3n) is 2.69. The van der Waals surface area contributed by atoms with Crippen molar-refractivity contribution in [3.05, 3.63) is 34.3 Å². The van der Waals surface area contributed by atoms with Gasteiger partial charge in [0.1, 0.15) is 0 Å². The number of aliphatic hydroxyl groups is 1. The van der Waals surface area contributed by atoms with Gasteiger partial charge in [-0.25, -0.2) is 0 Å². The van der Waals surface area contributed by atoms with E-state index < -0.39 is 0 Å². The van der Waals surface area contributed by atoms with E-state index in [0.717, 1.165) is 11.0 Å². The zero-order chi connectivity index (χ0) is 12.2. The summed E-state index contributed by atoms with van der Waals surface area (Å²) in [7, 11) is 0. The minimum atomic E-state index is -0.0739. The van der Waals surface area contributed by atoms with E-state index in [-0.39, 0.29) is 18.1 Å². The van der Waals surface area contributed by atoms with Crippen LogP contribution in [0.1, 0.15) is 32.4 Å². The van der Waals surface area contributed by atoms with Crippen molar-refractivity contribution in [2.24, 2.45) is 5.41 Å². The molecular formula is C13H20BrNO. The molecule has 2 N–H and O–H groups in total. The van der Waals surface area contributed by atoms with Crippen molar-refractivity contribution in [1.82, 2.24) is 5.32 Å². The second-order valence-electron chi connectivity index (χ2n) is 4.95. The lowest BCUT2D eigenvalue weighted by atomic mass is 9.94. The highest BCUT2D eigenvalue weighted by molar-refractivity contribution is 9.10. The lowest BCUT2D eigenvalue weighted by Gasteiger charge is -2.25. The van der Waals surface area contributed by atoms with Gasteiger partial charge in [0.05, 0.1) is 0 Å². The van der Waals surface area contributed by atoms with Crippen molar-refractivity contribution < 1.29 is 5.11 Å². The summed E-state index contributed by atoms with van der Waals surface area (Å²) in [5.41, 5.74) is 1.17. The quantitative estimate of drug-likeness (QED) is 0.871. The van der Waals surface area contributed by atoms with Gasteiger partial charge < -0.3 is 10.4 Å². The molecule has 0 heterocycles. The molecule has 0 fully saturated rings. The van der Waals surface area contributed by atoms with Crippen molar-refractivity contribution in [3.63, 3.8) is 0 Å². The Morgan fingerprint density at radius 2 is 2.00 bits per heavy atom. The molecule has 2 nitrogen and oxygen atoms in total. The molecule has 0 unspecified atom stereocenters. The normalized spacial score (nSPS) is 13.8. The summed E-state index contributed by atoms with van der Waals surface area (Å²) in [5.74, 6) is 0. The first kappa shape index (κ1) is 13.7. The molecule has 0 aliphatic rings. The summed E-state index contributed by atoms with van der Waals surface area (Å²) in [4.78, 5) is 0. The molecule has 0 spiro atoms. The second-order valence-corrected chi connectivity index (χ2v) is 5.80. The van der Waals surface area contributed by atoms with Gasteiger partial charge in [-0.3, -0.25) is 0 Å². The molecule has 0 aliphatic carbocycles. The van der Waals surface area contributed by atoms with Gasteiger partial charge in [-0.2, -0.15) is 0 Å². The summed E-state index contributed by atoms with van der Waals surface area (Å²) in [6.45, 7) is 7.22. The van der Waals surface area contributed by atoms with Gasteiger partial charge in [-0.05, 0) is 18.6 Å². The minimum absolute atomic E-state index is 0.0739. The van der Waals surface area contributed by atoms with Crippen LogP contribution in [0, 0.1) is 5.41 Å². The fourth-order valence-electron chi connectivity index (χ4n) is 1.42. The van der Waals surface area contributed by atoms with Gasteiger partial charge in [0.15, 0.2) is 0 Å². The zero-order valence-corrected chi connectivity index (χ0v) is 11.7. The van der Waals surface area contributed by atoms with Gasteiger partial charge in [0.25, 0.3) is 0 Å². The average molecular weight is 286 g/mol. The monoisotopic (exact) mass is 285 g/mol. The van der Waals surface area contributed by atoms with Crippen LogP contribution in [0.4, 0.5) is 0 Å². The van der Waals surface area contributed by atoms with Crippen molar-refractivity contribution in [2.45, 2.75) is 26.8 Å². The molecule has 0 aliphatic heterocycles. The molecule has 0 saturated heterocycles. The minimum Gasteiger partial charge on any atom is -0.396 e. The van der Waals surface area contributed by atoms with Crippen LogP contribution in [-0.2, 0) is 0 Å². The summed E-state index contributed by atoms with van der Waals surface area (Å²) in [5, 5.41) is 12.6. The summed E-state index contributed by atoms with van der Waals surface area (Å²) in [6.07, 6.45) is 0. The Kier molecular flexibility index (Phi) is 4.96. The highest BCUT2D eigenvalue weighted by Gasteiger charge is 2.18. The third-order valence-corrected chi connectivity index (χ3v) is 3.41. The van der Waals surface area contributed by atoms with E-state index >= 15 is 0 Å². The van der Waals surface area contributed by atoms with Crippen molar-refractivity contribution in [3.8, 4) is 0 Å². The SMILES string of the molecule is C[C@H](NCC(C)(C)CO)c1ccccc1Br. The Balaban J connectivity index is 2.60. The first-order chi connectivity index (χ1) is 7.46. The molecule has 0 amide bonds. The Labute approximate surface area is 106 Å².